The van der Waals surface area contributed by atoms with E-state index in [0.717, 1.165) is 47.6 Å². The van der Waals surface area contributed by atoms with E-state index >= 15 is 0 Å². The van der Waals surface area contributed by atoms with E-state index in [2.05, 4.69) is 35.0 Å². The molecule has 4 rings (SSSR count). The van der Waals surface area contributed by atoms with Crippen LogP contribution in [0.25, 0.3) is 11.0 Å². The molecule has 3 aromatic carbocycles. The molecule has 0 aliphatic heterocycles. The standard InChI is InChI=1S/C28H28N4O2/c1-3-4-16-32-26-18-23(34-2)14-15-24(26)30-27(32)25(17-20-8-6-5-7-9-20)31-28(33)22-12-10-21(19-29)11-13-22/h5-15,18,25H,3-4,16-17H2,1-2H3,(H,31,33). The maximum atomic E-state index is 13.2. The van der Waals surface area contributed by atoms with E-state index in [1.807, 2.05) is 36.4 Å². The second-order valence-corrected chi connectivity index (χ2v) is 8.23. The molecular formula is C28H28N4O2. The first-order chi connectivity index (χ1) is 16.6. The number of aryl methyl sites for hydroxylation is 1. The molecule has 1 amide bonds. The van der Waals surface area contributed by atoms with Crippen molar-refractivity contribution in [2.75, 3.05) is 7.11 Å². The summed E-state index contributed by atoms with van der Waals surface area (Å²) in [5.74, 6) is 1.40. The number of amides is 1. The zero-order valence-corrected chi connectivity index (χ0v) is 19.5. The van der Waals surface area contributed by atoms with Crippen LogP contribution < -0.4 is 10.1 Å². The molecule has 1 aromatic heterocycles. The number of hydrogen-bond acceptors (Lipinski definition) is 4. The number of aromatic nitrogens is 2. The van der Waals surface area contributed by atoms with Crippen LogP contribution in [0.15, 0.2) is 72.8 Å². The van der Waals surface area contributed by atoms with Crippen LogP contribution in [0.2, 0.25) is 0 Å². The molecule has 1 atom stereocenters. The van der Waals surface area contributed by atoms with Crippen LogP contribution in [-0.2, 0) is 13.0 Å². The molecule has 0 saturated carbocycles. The van der Waals surface area contributed by atoms with Gasteiger partial charge in [0.25, 0.3) is 5.91 Å². The second kappa shape index (κ2) is 10.7. The van der Waals surface area contributed by atoms with Crippen LogP contribution in [0.4, 0.5) is 0 Å². The van der Waals surface area contributed by atoms with Gasteiger partial charge in [-0.25, -0.2) is 4.98 Å². The molecule has 0 spiro atoms. The van der Waals surface area contributed by atoms with Gasteiger partial charge in [0.2, 0.25) is 0 Å². The second-order valence-electron chi connectivity index (χ2n) is 8.23. The number of unbranched alkanes of at least 4 members (excludes halogenated alkanes) is 1. The monoisotopic (exact) mass is 452 g/mol. The summed E-state index contributed by atoms with van der Waals surface area (Å²) in [6.07, 6.45) is 2.65. The average Bonchev–Trinajstić information content (AvgIpc) is 3.25. The lowest BCUT2D eigenvalue weighted by Crippen LogP contribution is -2.32. The van der Waals surface area contributed by atoms with Crippen LogP contribution in [0.5, 0.6) is 5.75 Å². The lowest BCUT2D eigenvalue weighted by atomic mass is 10.0. The van der Waals surface area contributed by atoms with Crippen molar-refractivity contribution < 1.29 is 9.53 Å². The molecular weight excluding hydrogens is 424 g/mol. The molecule has 0 aliphatic carbocycles. The normalized spacial score (nSPS) is 11.7. The third-order valence-electron chi connectivity index (χ3n) is 5.90. The first-order valence-electron chi connectivity index (χ1n) is 11.5. The van der Waals surface area contributed by atoms with Gasteiger partial charge in [-0.05, 0) is 54.8 Å². The Morgan fingerprint density at radius 3 is 2.56 bits per heavy atom. The van der Waals surface area contributed by atoms with Crippen molar-refractivity contribution in [2.24, 2.45) is 0 Å². The van der Waals surface area contributed by atoms with Crippen LogP contribution in [0.1, 0.15) is 53.1 Å². The van der Waals surface area contributed by atoms with Gasteiger partial charge in [0.05, 0.1) is 35.8 Å². The van der Waals surface area contributed by atoms with E-state index < -0.39 is 0 Å². The van der Waals surface area contributed by atoms with Crippen molar-refractivity contribution in [3.05, 3.63) is 95.3 Å². The topological polar surface area (TPSA) is 79.9 Å². The molecule has 1 heterocycles. The third-order valence-corrected chi connectivity index (χ3v) is 5.90. The number of carbonyl (C=O) groups is 1. The SMILES string of the molecule is CCCCn1c(C(Cc2ccccc2)NC(=O)c2ccc(C#N)cc2)nc2ccc(OC)cc21. The predicted octanol–water partition coefficient (Wildman–Crippen LogP) is 5.43. The molecule has 172 valence electrons. The van der Waals surface area contributed by atoms with Gasteiger partial charge in [0.1, 0.15) is 11.6 Å². The van der Waals surface area contributed by atoms with Gasteiger partial charge < -0.3 is 14.6 Å². The maximum Gasteiger partial charge on any atom is 0.251 e. The molecule has 0 fully saturated rings. The number of hydrogen-bond donors (Lipinski definition) is 1. The fourth-order valence-electron chi connectivity index (χ4n) is 4.06. The quantitative estimate of drug-likeness (QED) is 0.367. The highest BCUT2D eigenvalue weighted by molar-refractivity contribution is 5.94. The molecule has 4 aromatic rings. The predicted molar refractivity (Wildman–Crippen MR) is 133 cm³/mol. The van der Waals surface area contributed by atoms with Gasteiger partial charge in [-0.15, -0.1) is 0 Å². The summed E-state index contributed by atoms with van der Waals surface area (Å²) in [4.78, 5) is 18.2. The van der Waals surface area contributed by atoms with Gasteiger partial charge in [-0.1, -0.05) is 43.7 Å². The number of fused-ring (bicyclic) bond motifs is 1. The maximum absolute atomic E-state index is 13.2. The summed E-state index contributed by atoms with van der Waals surface area (Å²) in [6.45, 7) is 2.96. The Morgan fingerprint density at radius 1 is 1.12 bits per heavy atom. The Hall–Kier alpha value is -4.11. The van der Waals surface area contributed by atoms with E-state index in [1.165, 1.54) is 0 Å². The van der Waals surface area contributed by atoms with Crippen molar-refractivity contribution in [3.63, 3.8) is 0 Å². The number of imidazole rings is 1. The third kappa shape index (κ3) is 5.10. The average molecular weight is 453 g/mol. The Bertz CT molecular complexity index is 1300. The largest absolute Gasteiger partial charge is 0.497 e. The highest BCUT2D eigenvalue weighted by atomic mass is 16.5. The van der Waals surface area contributed by atoms with Gasteiger partial charge in [-0.2, -0.15) is 5.26 Å². The van der Waals surface area contributed by atoms with Gasteiger partial charge in [0, 0.05) is 18.2 Å². The first-order valence-corrected chi connectivity index (χ1v) is 11.5. The van der Waals surface area contributed by atoms with Crippen LogP contribution in [0.3, 0.4) is 0 Å². The molecule has 34 heavy (non-hydrogen) atoms. The summed E-state index contributed by atoms with van der Waals surface area (Å²) in [6, 6.07) is 24.4. The van der Waals surface area contributed by atoms with Crippen LogP contribution in [0, 0.1) is 11.3 Å². The Morgan fingerprint density at radius 2 is 1.88 bits per heavy atom. The lowest BCUT2D eigenvalue weighted by molar-refractivity contribution is 0.0934. The van der Waals surface area contributed by atoms with Crippen molar-refractivity contribution in [3.8, 4) is 11.8 Å². The number of methoxy groups -OCH3 is 1. The number of nitrogens with one attached hydrogen (secondary N) is 1. The number of benzene rings is 3. The first kappa shape index (κ1) is 23.1. The summed E-state index contributed by atoms with van der Waals surface area (Å²) in [5.41, 5.74) is 4.01. The summed E-state index contributed by atoms with van der Waals surface area (Å²) in [5, 5.41) is 12.3. The minimum absolute atomic E-state index is 0.197. The summed E-state index contributed by atoms with van der Waals surface area (Å²) >= 11 is 0. The molecule has 1 unspecified atom stereocenters. The van der Waals surface area contributed by atoms with Gasteiger partial charge in [0.15, 0.2) is 0 Å². The molecule has 0 bridgehead atoms. The van der Waals surface area contributed by atoms with E-state index in [1.54, 1.807) is 31.4 Å². The number of rotatable bonds is 9. The number of ether oxygens (including phenoxy) is 1. The van der Waals surface area contributed by atoms with E-state index in [9.17, 15) is 4.79 Å². The summed E-state index contributed by atoms with van der Waals surface area (Å²) in [7, 11) is 1.66. The summed E-state index contributed by atoms with van der Waals surface area (Å²) < 4.78 is 7.66. The number of nitrogens with zero attached hydrogens (tertiary/aromatic N) is 3. The van der Waals surface area contributed by atoms with E-state index in [4.69, 9.17) is 15.0 Å². The Kier molecular flexibility index (Phi) is 7.24. The number of carbonyl (C=O) groups excluding carboxylic acids is 1. The van der Waals surface area contributed by atoms with Crippen molar-refractivity contribution in [2.45, 2.75) is 38.8 Å². The Labute approximate surface area is 199 Å². The van der Waals surface area contributed by atoms with E-state index in [0.29, 0.717) is 17.5 Å². The van der Waals surface area contributed by atoms with Crippen molar-refractivity contribution in [1.82, 2.24) is 14.9 Å². The van der Waals surface area contributed by atoms with Gasteiger partial charge >= 0.3 is 0 Å². The fourth-order valence-corrected chi connectivity index (χ4v) is 4.06. The molecule has 0 aliphatic rings. The Balaban J connectivity index is 1.75. The molecule has 6 nitrogen and oxygen atoms in total. The zero-order valence-electron chi connectivity index (χ0n) is 19.5. The number of nitriles is 1. The molecule has 0 radical (unpaired) electrons. The van der Waals surface area contributed by atoms with Crippen LogP contribution >= 0.6 is 0 Å². The minimum Gasteiger partial charge on any atom is -0.497 e. The minimum atomic E-state index is -0.333. The van der Waals surface area contributed by atoms with E-state index in [-0.39, 0.29) is 11.9 Å². The highest BCUT2D eigenvalue weighted by Gasteiger charge is 2.23. The van der Waals surface area contributed by atoms with Crippen LogP contribution in [-0.4, -0.2) is 22.6 Å². The lowest BCUT2D eigenvalue weighted by Gasteiger charge is -2.21. The molecule has 0 saturated heterocycles. The van der Waals surface area contributed by atoms with Crippen molar-refractivity contribution in [1.29, 1.82) is 5.26 Å². The zero-order chi connectivity index (χ0) is 23.9. The fraction of sp³-hybridized carbons (Fsp3) is 0.250. The van der Waals surface area contributed by atoms with Crippen molar-refractivity contribution >= 4 is 16.9 Å². The highest BCUT2D eigenvalue weighted by Crippen LogP contribution is 2.27. The van der Waals surface area contributed by atoms with Gasteiger partial charge in [-0.3, -0.25) is 4.79 Å². The molecule has 6 heteroatoms. The molecule has 1 N–H and O–H groups in total. The smallest absolute Gasteiger partial charge is 0.251 e.